The number of carboxylic acid groups (broad SMARTS) is 1. The lowest BCUT2D eigenvalue weighted by Gasteiger charge is -2.10. The van der Waals surface area contributed by atoms with E-state index in [1.165, 1.54) is 6.07 Å². The van der Waals surface area contributed by atoms with Crippen LogP contribution in [0.4, 0.5) is 5.69 Å². The second kappa shape index (κ2) is 6.89. The summed E-state index contributed by atoms with van der Waals surface area (Å²) < 4.78 is 0. The summed E-state index contributed by atoms with van der Waals surface area (Å²) in [6, 6.07) is 4.75. The first kappa shape index (κ1) is 15.2. The number of hydrogen-bond acceptors (Lipinski definition) is 3. The van der Waals surface area contributed by atoms with Crippen LogP contribution in [0, 0.1) is 12.8 Å². The molecule has 1 aromatic carbocycles. The average molecular weight is 264 g/mol. The third-order valence-electron chi connectivity index (χ3n) is 3.01. The van der Waals surface area contributed by atoms with Gasteiger partial charge in [-0.25, -0.2) is 4.79 Å². The summed E-state index contributed by atoms with van der Waals surface area (Å²) in [5.41, 5.74) is 6.98. The Bertz CT molecular complexity index is 472. The number of hydrogen-bond donors (Lipinski definition) is 3. The number of aryl methyl sites for hydroxylation is 1. The first-order valence-corrected chi connectivity index (χ1v) is 6.28. The van der Waals surface area contributed by atoms with Gasteiger partial charge in [0.05, 0.1) is 5.56 Å². The minimum absolute atomic E-state index is 0.0808. The molecule has 0 saturated heterocycles. The maximum atomic E-state index is 11.7. The molecule has 1 rings (SSSR count). The predicted molar refractivity (Wildman–Crippen MR) is 74.2 cm³/mol. The number of carbonyl (C=O) groups is 2. The Kier molecular flexibility index (Phi) is 5.51. The number of amides is 1. The van der Waals surface area contributed by atoms with Crippen molar-refractivity contribution in [1.82, 2.24) is 0 Å². The molecule has 0 saturated carbocycles. The molecule has 0 aliphatic heterocycles. The first-order chi connectivity index (χ1) is 8.93. The molecule has 0 aromatic heterocycles. The van der Waals surface area contributed by atoms with Gasteiger partial charge < -0.3 is 16.2 Å². The third kappa shape index (κ3) is 4.71. The number of nitrogens with one attached hydrogen (secondary N) is 1. The van der Waals surface area contributed by atoms with Crippen LogP contribution in [0.5, 0.6) is 0 Å². The molecule has 104 valence electrons. The van der Waals surface area contributed by atoms with Crippen molar-refractivity contribution in [2.24, 2.45) is 11.7 Å². The normalized spacial score (nSPS) is 11.9. The van der Waals surface area contributed by atoms with Gasteiger partial charge in [-0.05, 0) is 49.6 Å². The van der Waals surface area contributed by atoms with Crippen molar-refractivity contribution in [3.8, 4) is 0 Å². The molecule has 0 radical (unpaired) electrons. The summed E-state index contributed by atoms with van der Waals surface area (Å²) in [7, 11) is 0. The van der Waals surface area contributed by atoms with Crippen LogP contribution in [0.25, 0.3) is 0 Å². The van der Waals surface area contributed by atoms with Gasteiger partial charge in [-0.2, -0.15) is 0 Å². The first-order valence-electron chi connectivity index (χ1n) is 6.28. The van der Waals surface area contributed by atoms with Crippen LogP contribution in [0.15, 0.2) is 18.2 Å². The lowest BCUT2D eigenvalue weighted by atomic mass is 10.1. The Hall–Kier alpha value is -1.88. The maximum Gasteiger partial charge on any atom is 0.335 e. The topological polar surface area (TPSA) is 92.4 Å². The van der Waals surface area contributed by atoms with Gasteiger partial charge in [-0.3, -0.25) is 4.79 Å². The molecule has 1 amide bonds. The summed E-state index contributed by atoms with van der Waals surface area (Å²) in [6.45, 7) is 4.27. The van der Waals surface area contributed by atoms with Gasteiger partial charge in [0, 0.05) is 12.1 Å². The number of benzene rings is 1. The maximum absolute atomic E-state index is 11.7. The quantitative estimate of drug-likeness (QED) is 0.732. The molecule has 5 heteroatoms. The Morgan fingerprint density at radius 2 is 2.11 bits per heavy atom. The van der Waals surface area contributed by atoms with E-state index in [1.54, 1.807) is 19.1 Å². The largest absolute Gasteiger partial charge is 0.478 e. The Labute approximate surface area is 112 Å². The second-order valence-electron chi connectivity index (χ2n) is 4.76. The summed E-state index contributed by atoms with van der Waals surface area (Å²) in [5, 5.41) is 11.7. The molecule has 0 heterocycles. The van der Waals surface area contributed by atoms with E-state index in [0.717, 1.165) is 6.42 Å². The van der Waals surface area contributed by atoms with Gasteiger partial charge in [-0.15, -0.1) is 0 Å². The number of carboxylic acids is 1. The van der Waals surface area contributed by atoms with Crippen molar-refractivity contribution < 1.29 is 14.7 Å². The zero-order valence-electron chi connectivity index (χ0n) is 11.3. The molecule has 5 nitrogen and oxygen atoms in total. The van der Waals surface area contributed by atoms with Gasteiger partial charge in [0.15, 0.2) is 0 Å². The highest BCUT2D eigenvalue weighted by Crippen LogP contribution is 2.16. The molecule has 0 spiro atoms. The van der Waals surface area contributed by atoms with Crippen LogP contribution in [0.1, 0.15) is 35.7 Å². The molecule has 1 unspecified atom stereocenters. The predicted octanol–water partition coefficient (Wildman–Crippen LogP) is 2.01. The van der Waals surface area contributed by atoms with Crippen LogP contribution < -0.4 is 11.1 Å². The summed E-state index contributed by atoms with van der Waals surface area (Å²) in [4.78, 5) is 22.6. The van der Waals surface area contributed by atoms with E-state index in [2.05, 4.69) is 5.32 Å². The number of aromatic carboxylic acids is 1. The second-order valence-corrected chi connectivity index (χ2v) is 4.76. The van der Waals surface area contributed by atoms with E-state index in [-0.39, 0.29) is 11.5 Å². The molecule has 0 bridgehead atoms. The molecule has 19 heavy (non-hydrogen) atoms. The molecule has 4 N–H and O–H groups in total. The smallest absolute Gasteiger partial charge is 0.335 e. The lowest BCUT2D eigenvalue weighted by Crippen LogP contribution is -2.16. The molecular formula is C14H20N2O3. The van der Waals surface area contributed by atoms with E-state index in [4.69, 9.17) is 10.8 Å². The molecule has 1 aromatic rings. The van der Waals surface area contributed by atoms with Crippen LogP contribution >= 0.6 is 0 Å². The molecule has 1 atom stereocenters. The third-order valence-corrected chi connectivity index (χ3v) is 3.01. The van der Waals surface area contributed by atoms with Gasteiger partial charge in [0.25, 0.3) is 0 Å². The van der Waals surface area contributed by atoms with Crippen LogP contribution in [-0.4, -0.2) is 23.5 Å². The van der Waals surface area contributed by atoms with E-state index < -0.39 is 5.97 Å². The van der Waals surface area contributed by atoms with E-state index in [9.17, 15) is 9.59 Å². The Morgan fingerprint density at radius 1 is 1.42 bits per heavy atom. The highest BCUT2D eigenvalue weighted by atomic mass is 16.4. The molecular weight excluding hydrogens is 244 g/mol. The fourth-order valence-electron chi connectivity index (χ4n) is 1.70. The van der Waals surface area contributed by atoms with Crippen molar-refractivity contribution in [1.29, 1.82) is 0 Å². The SMILES string of the molecule is Cc1cc(NC(=O)CCC(C)CN)ccc1C(=O)O. The standard InChI is InChI=1S/C14H20N2O3/c1-9(8-15)3-6-13(17)16-11-4-5-12(14(18)19)10(2)7-11/h4-5,7,9H,3,6,8,15H2,1-2H3,(H,16,17)(H,18,19). The van der Waals surface area contributed by atoms with E-state index >= 15 is 0 Å². The fourth-order valence-corrected chi connectivity index (χ4v) is 1.70. The Morgan fingerprint density at radius 3 is 2.63 bits per heavy atom. The number of carbonyl (C=O) groups excluding carboxylic acids is 1. The number of rotatable bonds is 6. The zero-order chi connectivity index (χ0) is 14.4. The van der Waals surface area contributed by atoms with Gasteiger partial charge >= 0.3 is 5.97 Å². The van der Waals surface area contributed by atoms with Crippen LogP contribution in [0.3, 0.4) is 0 Å². The minimum atomic E-state index is -0.966. The fraction of sp³-hybridized carbons (Fsp3) is 0.429. The zero-order valence-corrected chi connectivity index (χ0v) is 11.3. The monoisotopic (exact) mass is 264 g/mol. The van der Waals surface area contributed by atoms with Gasteiger partial charge in [-0.1, -0.05) is 6.92 Å². The van der Waals surface area contributed by atoms with Crippen molar-refractivity contribution in [2.75, 3.05) is 11.9 Å². The lowest BCUT2D eigenvalue weighted by molar-refractivity contribution is -0.116. The summed E-state index contributed by atoms with van der Waals surface area (Å²) in [5.74, 6) is -0.725. The van der Waals surface area contributed by atoms with Crippen LogP contribution in [0.2, 0.25) is 0 Å². The van der Waals surface area contributed by atoms with Crippen molar-refractivity contribution in [3.05, 3.63) is 29.3 Å². The van der Waals surface area contributed by atoms with E-state index in [0.29, 0.717) is 30.1 Å². The van der Waals surface area contributed by atoms with Crippen molar-refractivity contribution >= 4 is 17.6 Å². The molecule has 0 fully saturated rings. The van der Waals surface area contributed by atoms with Crippen LogP contribution in [-0.2, 0) is 4.79 Å². The number of nitrogens with two attached hydrogens (primary N) is 1. The summed E-state index contributed by atoms with van der Waals surface area (Å²) in [6.07, 6.45) is 1.16. The minimum Gasteiger partial charge on any atom is -0.478 e. The highest BCUT2D eigenvalue weighted by molar-refractivity contribution is 5.93. The molecule has 0 aliphatic carbocycles. The van der Waals surface area contributed by atoms with Crippen molar-refractivity contribution in [2.45, 2.75) is 26.7 Å². The van der Waals surface area contributed by atoms with E-state index in [1.807, 2.05) is 6.92 Å². The Balaban J connectivity index is 2.60. The van der Waals surface area contributed by atoms with Gasteiger partial charge in [0.1, 0.15) is 0 Å². The average Bonchev–Trinajstić information content (AvgIpc) is 2.35. The summed E-state index contributed by atoms with van der Waals surface area (Å²) >= 11 is 0. The van der Waals surface area contributed by atoms with Gasteiger partial charge in [0.2, 0.25) is 5.91 Å². The van der Waals surface area contributed by atoms with Crippen molar-refractivity contribution in [3.63, 3.8) is 0 Å². The highest BCUT2D eigenvalue weighted by Gasteiger charge is 2.09. The molecule has 0 aliphatic rings. The number of anilines is 1.